The van der Waals surface area contributed by atoms with E-state index in [-0.39, 0.29) is 12.1 Å². The average Bonchev–Trinajstić information content (AvgIpc) is 2.91. The number of benzene rings is 1. The van der Waals surface area contributed by atoms with Gasteiger partial charge in [-0.15, -0.1) is 0 Å². The van der Waals surface area contributed by atoms with E-state index in [1.165, 1.54) is 7.05 Å². The number of carbonyl (C=O) groups excluding carboxylic acids is 1. The highest BCUT2D eigenvalue weighted by Crippen LogP contribution is 2.30. The van der Waals surface area contributed by atoms with E-state index in [4.69, 9.17) is 0 Å². The number of amides is 1. The molecule has 1 saturated heterocycles. The zero-order chi connectivity index (χ0) is 19.9. The number of nitrogens with one attached hydrogen (secondary N) is 2. The van der Waals surface area contributed by atoms with Gasteiger partial charge in [-0.25, -0.2) is 8.78 Å². The third-order valence-electron chi connectivity index (χ3n) is 4.49. The third-order valence-corrected chi connectivity index (χ3v) is 6.08. The zero-order valence-corrected chi connectivity index (χ0v) is 15.7. The van der Waals surface area contributed by atoms with Crippen LogP contribution in [0.15, 0.2) is 24.4 Å². The molecule has 1 aromatic heterocycles. The van der Waals surface area contributed by atoms with E-state index in [1.807, 2.05) is 0 Å². The molecule has 2 heterocycles. The third kappa shape index (κ3) is 3.84. The molecule has 0 unspecified atom stereocenters. The summed E-state index contributed by atoms with van der Waals surface area (Å²) in [4.78, 5) is 12.6. The van der Waals surface area contributed by atoms with Gasteiger partial charge in [0.1, 0.15) is 17.7 Å². The predicted octanol–water partition coefficient (Wildman–Crippen LogP) is 1.23. The Labute approximate surface area is 155 Å². The fraction of sp³-hybridized carbons (Fsp3) is 0.375. The molecule has 1 aromatic carbocycles. The van der Waals surface area contributed by atoms with Crippen LogP contribution in [0.1, 0.15) is 23.7 Å². The van der Waals surface area contributed by atoms with Crippen LogP contribution in [-0.4, -0.2) is 41.5 Å². The Hall–Kier alpha value is -2.37. The fourth-order valence-corrected chi connectivity index (χ4v) is 4.35. The number of aryl methyl sites for hydroxylation is 2. The average molecular weight is 399 g/mol. The molecule has 1 aliphatic heterocycles. The molecule has 0 bridgehead atoms. The summed E-state index contributed by atoms with van der Waals surface area (Å²) in [6, 6.07) is 0.990. The summed E-state index contributed by atoms with van der Waals surface area (Å²) in [6.45, 7) is 1.74. The number of carbonyl (C=O) groups is 1. The molecular weight excluding hydrogens is 380 g/mol. The van der Waals surface area contributed by atoms with Gasteiger partial charge in [-0.2, -0.15) is 22.5 Å². The number of rotatable bonds is 3. The van der Waals surface area contributed by atoms with Crippen molar-refractivity contribution in [3.63, 3.8) is 0 Å². The number of halogens is 2. The molecule has 1 amide bonds. The topological polar surface area (TPSA) is 96.3 Å². The van der Waals surface area contributed by atoms with Gasteiger partial charge in [0.2, 0.25) is 5.91 Å². The lowest BCUT2D eigenvalue weighted by Gasteiger charge is -2.36. The monoisotopic (exact) mass is 399 g/mol. The maximum Gasteiger partial charge on any atom is 0.280 e. The van der Waals surface area contributed by atoms with Crippen molar-refractivity contribution in [1.29, 1.82) is 0 Å². The second-order valence-corrected chi connectivity index (χ2v) is 8.16. The SMILES string of the molecule is Cc1nn(C)cc1[C@H]1C[C@H](C(=O)Nc2ccc(F)cc2F)N(C)S(=O)(=O)N1. The Morgan fingerprint density at radius 1 is 1.33 bits per heavy atom. The van der Waals surface area contributed by atoms with Crippen LogP contribution in [0.3, 0.4) is 0 Å². The van der Waals surface area contributed by atoms with E-state index in [9.17, 15) is 22.0 Å². The van der Waals surface area contributed by atoms with Crippen LogP contribution in [0.5, 0.6) is 0 Å². The van der Waals surface area contributed by atoms with Crippen LogP contribution in [0.25, 0.3) is 0 Å². The van der Waals surface area contributed by atoms with Crippen molar-refractivity contribution in [3.8, 4) is 0 Å². The summed E-state index contributed by atoms with van der Waals surface area (Å²) in [5.41, 5.74) is 1.07. The van der Waals surface area contributed by atoms with Crippen LogP contribution in [0.4, 0.5) is 14.5 Å². The standard InChI is InChI=1S/C16H19F2N5O3S/c1-9-11(8-22(2)20-9)14-7-15(23(3)27(25,26)21-14)16(24)19-13-5-4-10(17)6-12(13)18/h4-6,8,14-15,21H,7H2,1-3H3,(H,19,24)/t14-,15-/m1/s1. The van der Waals surface area contributed by atoms with E-state index in [2.05, 4.69) is 15.1 Å². The minimum absolute atomic E-state index is 0.122. The highest BCUT2D eigenvalue weighted by Gasteiger charge is 2.41. The summed E-state index contributed by atoms with van der Waals surface area (Å²) < 4.78 is 56.7. The number of anilines is 1. The van der Waals surface area contributed by atoms with Gasteiger partial charge in [0, 0.05) is 31.9 Å². The van der Waals surface area contributed by atoms with E-state index >= 15 is 0 Å². The first kappa shape index (κ1) is 19.4. The molecule has 2 aromatic rings. The molecule has 11 heteroatoms. The minimum atomic E-state index is -3.94. The second kappa shape index (κ2) is 6.98. The van der Waals surface area contributed by atoms with Crippen LogP contribution >= 0.6 is 0 Å². The van der Waals surface area contributed by atoms with Crippen molar-refractivity contribution in [2.75, 3.05) is 12.4 Å². The van der Waals surface area contributed by atoms with Crippen LogP contribution < -0.4 is 10.0 Å². The maximum absolute atomic E-state index is 13.8. The molecule has 1 aliphatic rings. The number of hydrogen-bond acceptors (Lipinski definition) is 4. The zero-order valence-electron chi connectivity index (χ0n) is 14.9. The summed E-state index contributed by atoms with van der Waals surface area (Å²) >= 11 is 0. The molecule has 2 N–H and O–H groups in total. The van der Waals surface area contributed by atoms with E-state index in [0.29, 0.717) is 17.3 Å². The van der Waals surface area contributed by atoms with Crippen molar-refractivity contribution in [2.24, 2.45) is 7.05 Å². The number of aromatic nitrogens is 2. The van der Waals surface area contributed by atoms with Crippen molar-refractivity contribution in [2.45, 2.75) is 25.4 Å². The lowest BCUT2D eigenvalue weighted by atomic mass is 10.00. The van der Waals surface area contributed by atoms with Gasteiger partial charge >= 0.3 is 0 Å². The lowest BCUT2D eigenvalue weighted by molar-refractivity contribution is -0.120. The normalized spacial score (nSPS) is 22.6. The van der Waals surface area contributed by atoms with Gasteiger partial charge < -0.3 is 5.32 Å². The van der Waals surface area contributed by atoms with Crippen molar-refractivity contribution in [1.82, 2.24) is 18.8 Å². The maximum atomic E-state index is 13.8. The first-order valence-electron chi connectivity index (χ1n) is 8.10. The Kier molecular flexibility index (Phi) is 5.02. The highest BCUT2D eigenvalue weighted by atomic mass is 32.2. The summed E-state index contributed by atoms with van der Waals surface area (Å²) in [7, 11) is -0.964. The molecular formula is C16H19F2N5O3S. The summed E-state index contributed by atoms with van der Waals surface area (Å²) in [6.07, 6.45) is 1.80. The second-order valence-electron chi connectivity index (χ2n) is 6.40. The van der Waals surface area contributed by atoms with Gasteiger partial charge in [0.05, 0.1) is 17.4 Å². The van der Waals surface area contributed by atoms with E-state index < -0.39 is 39.8 Å². The van der Waals surface area contributed by atoms with Gasteiger partial charge in [0.25, 0.3) is 10.2 Å². The molecule has 2 atom stereocenters. The molecule has 146 valence electrons. The summed E-state index contributed by atoms with van der Waals surface area (Å²) in [5, 5.41) is 6.52. The van der Waals surface area contributed by atoms with Crippen LogP contribution in [-0.2, 0) is 22.1 Å². The highest BCUT2D eigenvalue weighted by molar-refractivity contribution is 7.87. The smallest absolute Gasteiger partial charge is 0.280 e. The Bertz CT molecular complexity index is 992. The minimum Gasteiger partial charge on any atom is -0.322 e. The van der Waals surface area contributed by atoms with Gasteiger partial charge in [-0.1, -0.05) is 0 Å². The Balaban J connectivity index is 1.88. The van der Waals surface area contributed by atoms with E-state index in [0.717, 1.165) is 16.4 Å². The largest absolute Gasteiger partial charge is 0.322 e. The number of hydrogen-bond donors (Lipinski definition) is 2. The molecule has 0 aliphatic carbocycles. The van der Waals surface area contributed by atoms with Gasteiger partial charge in [-0.05, 0) is 25.5 Å². The Morgan fingerprint density at radius 3 is 2.63 bits per heavy atom. The molecule has 0 spiro atoms. The molecule has 8 nitrogen and oxygen atoms in total. The molecule has 27 heavy (non-hydrogen) atoms. The molecule has 0 radical (unpaired) electrons. The van der Waals surface area contributed by atoms with Crippen molar-refractivity contribution < 1.29 is 22.0 Å². The lowest BCUT2D eigenvalue weighted by Crippen LogP contribution is -2.56. The predicted molar refractivity (Wildman–Crippen MR) is 93.9 cm³/mol. The van der Waals surface area contributed by atoms with Gasteiger partial charge in [-0.3, -0.25) is 9.48 Å². The van der Waals surface area contributed by atoms with Crippen LogP contribution in [0.2, 0.25) is 0 Å². The molecule has 1 fully saturated rings. The molecule has 3 rings (SSSR count). The first-order valence-corrected chi connectivity index (χ1v) is 9.54. The summed E-state index contributed by atoms with van der Waals surface area (Å²) in [5.74, 6) is -2.43. The first-order chi connectivity index (χ1) is 12.6. The molecule has 0 saturated carbocycles. The quantitative estimate of drug-likeness (QED) is 0.811. The van der Waals surface area contributed by atoms with Gasteiger partial charge in [0.15, 0.2) is 0 Å². The van der Waals surface area contributed by atoms with Crippen LogP contribution in [0, 0.1) is 18.6 Å². The number of likely N-dealkylation sites (N-methyl/N-ethyl adjacent to an activating group) is 1. The fourth-order valence-electron chi connectivity index (χ4n) is 3.08. The van der Waals surface area contributed by atoms with E-state index in [1.54, 1.807) is 24.9 Å². The van der Waals surface area contributed by atoms with Crippen molar-refractivity contribution in [3.05, 3.63) is 47.3 Å². The Morgan fingerprint density at radius 2 is 2.04 bits per heavy atom. The van der Waals surface area contributed by atoms with Crippen molar-refractivity contribution >= 4 is 21.8 Å². The number of nitrogens with zero attached hydrogens (tertiary/aromatic N) is 3.